The zero-order valence-electron chi connectivity index (χ0n) is 14.0. The molecule has 2 amide bonds. The number of carbonyl (C=O) groups is 3. The number of amides is 2. The fraction of sp³-hybridized carbons (Fsp3) is 0.800. The Labute approximate surface area is 127 Å². The molecule has 0 radical (unpaired) electrons. The van der Waals surface area contributed by atoms with Crippen LogP contribution in [0.25, 0.3) is 0 Å². The molecule has 2 unspecified atom stereocenters. The topological polar surface area (TPSA) is 84.5 Å². The van der Waals surface area contributed by atoms with Gasteiger partial charge in [0.1, 0.15) is 17.9 Å². The molecule has 0 spiro atoms. The van der Waals surface area contributed by atoms with Gasteiger partial charge in [-0.15, -0.1) is 0 Å². The van der Waals surface area contributed by atoms with Crippen molar-refractivity contribution in [3.63, 3.8) is 0 Å². The second kappa shape index (κ2) is 8.00. The molecule has 2 atom stereocenters. The summed E-state index contributed by atoms with van der Waals surface area (Å²) >= 11 is 0. The fourth-order valence-electron chi connectivity index (χ4n) is 1.56. The van der Waals surface area contributed by atoms with Gasteiger partial charge >= 0.3 is 12.0 Å². The number of nitrogens with one attached hydrogen (secondary N) is 2. The van der Waals surface area contributed by atoms with Crippen molar-refractivity contribution in [1.82, 2.24) is 10.6 Å². The third-order valence-corrected chi connectivity index (χ3v) is 2.78. The highest BCUT2D eigenvalue weighted by atomic mass is 16.6. The first kappa shape index (κ1) is 19.4. The molecule has 0 aromatic rings. The number of urea groups is 1. The van der Waals surface area contributed by atoms with E-state index in [1.165, 1.54) is 0 Å². The van der Waals surface area contributed by atoms with E-state index >= 15 is 0 Å². The van der Waals surface area contributed by atoms with Crippen LogP contribution in [0.4, 0.5) is 4.79 Å². The molecule has 0 rings (SSSR count). The van der Waals surface area contributed by atoms with E-state index in [4.69, 9.17) is 4.74 Å². The van der Waals surface area contributed by atoms with Crippen LogP contribution in [0.15, 0.2) is 0 Å². The lowest BCUT2D eigenvalue weighted by atomic mass is 10.0. The van der Waals surface area contributed by atoms with Crippen molar-refractivity contribution in [3.8, 4) is 0 Å². The van der Waals surface area contributed by atoms with Gasteiger partial charge in [-0.3, -0.25) is 0 Å². The van der Waals surface area contributed by atoms with Crippen molar-refractivity contribution in [2.24, 2.45) is 11.8 Å². The molecule has 21 heavy (non-hydrogen) atoms. The maximum absolute atomic E-state index is 12.1. The van der Waals surface area contributed by atoms with E-state index < -0.39 is 29.7 Å². The lowest BCUT2D eigenvalue weighted by molar-refractivity contribution is -0.158. The average Bonchev–Trinajstić information content (AvgIpc) is 2.29. The van der Waals surface area contributed by atoms with E-state index in [1.807, 2.05) is 27.7 Å². The van der Waals surface area contributed by atoms with Gasteiger partial charge in [0, 0.05) is 0 Å². The Morgan fingerprint density at radius 3 is 1.86 bits per heavy atom. The highest BCUT2D eigenvalue weighted by molar-refractivity contribution is 5.85. The van der Waals surface area contributed by atoms with Crippen molar-refractivity contribution in [2.75, 3.05) is 0 Å². The number of ether oxygens (including phenoxy) is 1. The summed E-state index contributed by atoms with van der Waals surface area (Å²) in [5, 5.41) is 5.12. The first-order valence-corrected chi connectivity index (χ1v) is 7.23. The third-order valence-electron chi connectivity index (χ3n) is 2.78. The molecule has 0 aliphatic carbocycles. The molecule has 0 aromatic carbocycles. The molecule has 6 heteroatoms. The van der Waals surface area contributed by atoms with Crippen LogP contribution in [0.5, 0.6) is 0 Å². The van der Waals surface area contributed by atoms with Crippen LogP contribution >= 0.6 is 0 Å². The fourth-order valence-corrected chi connectivity index (χ4v) is 1.56. The summed E-state index contributed by atoms with van der Waals surface area (Å²) in [5.74, 6) is -0.633. The quantitative estimate of drug-likeness (QED) is 0.579. The maximum Gasteiger partial charge on any atom is 0.329 e. The summed E-state index contributed by atoms with van der Waals surface area (Å²) in [7, 11) is 0. The zero-order chi connectivity index (χ0) is 16.8. The van der Waals surface area contributed by atoms with Crippen molar-refractivity contribution in [1.29, 1.82) is 0 Å². The summed E-state index contributed by atoms with van der Waals surface area (Å²) in [6.07, 6.45) is 0.683. The van der Waals surface area contributed by atoms with Gasteiger partial charge in [0.05, 0.1) is 6.04 Å². The second-order valence-corrected chi connectivity index (χ2v) is 6.78. The second-order valence-electron chi connectivity index (χ2n) is 6.78. The normalized spacial score (nSPS) is 14.5. The van der Waals surface area contributed by atoms with Crippen LogP contribution in [0.3, 0.4) is 0 Å². The van der Waals surface area contributed by atoms with Gasteiger partial charge in [-0.1, -0.05) is 27.7 Å². The van der Waals surface area contributed by atoms with Crippen LogP contribution in [0.2, 0.25) is 0 Å². The van der Waals surface area contributed by atoms with Crippen molar-refractivity contribution in [2.45, 2.75) is 66.2 Å². The summed E-state index contributed by atoms with van der Waals surface area (Å²) in [6.45, 7) is 12.6. The molecule has 0 bridgehead atoms. The van der Waals surface area contributed by atoms with Gasteiger partial charge in [0.2, 0.25) is 0 Å². The molecule has 6 nitrogen and oxygen atoms in total. The molecule has 0 aliphatic heterocycles. The van der Waals surface area contributed by atoms with Crippen LogP contribution in [0, 0.1) is 11.8 Å². The highest BCUT2D eigenvalue weighted by Gasteiger charge is 2.29. The van der Waals surface area contributed by atoms with Crippen molar-refractivity contribution < 1.29 is 19.1 Å². The number of hydrogen-bond donors (Lipinski definition) is 2. The minimum absolute atomic E-state index is 0.0210. The van der Waals surface area contributed by atoms with E-state index in [0.29, 0.717) is 6.29 Å². The molecular formula is C15H28N2O4. The third kappa shape index (κ3) is 7.68. The van der Waals surface area contributed by atoms with E-state index in [2.05, 4.69) is 10.6 Å². The smallest absolute Gasteiger partial charge is 0.329 e. The highest BCUT2D eigenvalue weighted by Crippen LogP contribution is 2.12. The van der Waals surface area contributed by atoms with Gasteiger partial charge in [0.15, 0.2) is 0 Å². The van der Waals surface area contributed by atoms with Crippen LogP contribution in [-0.2, 0) is 14.3 Å². The maximum atomic E-state index is 12.1. The lowest BCUT2D eigenvalue weighted by Crippen LogP contribution is -2.53. The van der Waals surface area contributed by atoms with E-state index in [-0.39, 0.29) is 11.8 Å². The largest absolute Gasteiger partial charge is 0.458 e. The van der Waals surface area contributed by atoms with E-state index in [1.54, 1.807) is 20.8 Å². The van der Waals surface area contributed by atoms with Crippen LogP contribution < -0.4 is 10.6 Å². The van der Waals surface area contributed by atoms with Crippen LogP contribution in [0.1, 0.15) is 48.5 Å². The predicted molar refractivity (Wildman–Crippen MR) is 80.8 cm³/mol. The Morgan fingerprint density at radius 1 is 1.00 bits per heavy atom. The van der Waals surface area contributed by atoms with Gasteiger partial charge in [-0.25, -0.2) is 9.59 Å². The predicted octanol–water partition coefficient (Wildman–Crippen LogP) is 1.88. The molecule has 0 saturated carbocycles. The molecule has 122 valence electrons. The number of esters is 1. The van der Waals surface area contributed by atoms with Gasteiger partial charge in [0.25, 0.3) is 0 Å². The minimum Gasteiger partial charge on any atom is -0.458 e. The van der Waals surface area contributed by atoms with Crippen molar-refractivity contribution >= 4 is 18.3 Å². The Morgan fingerprint density at radius 2 is 1.52 bits per heavy atom. The van der Waals surface area contributed by atoms with Crippen molar-refractivity contribution in [3.05, 3.63) is 0 Å². The lowest BCUT2D eigenvalue weighted by Gasteiger charge is -2.27. The van der Waals surface area contributed by atoms with Gasteiger partial charge < -0.3 is 20.2 Å². The van der Waals surface area contributed by atoms with E-state index in [0.717, 1.165) is 0 Å². The zero-order valence-corrected chi connectivity index (χ0v) is 14.0. The molecule has 0 aromatic heterocycles. The first-order chi connectivity index (χ1) is 9.47. The summed E-state index contributed by atoms with van der Waals surface area (Å²) in [5.41, 5.74) is -0.619. The van der Waals surface area contributed by atoms with Crippen LogP contribution in [-0.4, -0.2) is 36.0 Å². The standard InChI is InChI=1S/C15H28N2O4/c1-9(2)11(8-18)16-14(20)17-12(10(3)4)13(19)21-15(5,6)7/h8-12H,1-7H3,(H2,16,17,20). The minimum atomic E-state index is -0.760. The first-order valence-electron chi connectivity index (χ1n) is 7.23. The summed E-state index contributed by atoms with van der Waals surface area (Å²) < 4.78 is 5.29. The Kier molecular flexibility index (Phi) is 7.39. The molecule has 0 saturated heterocycles. The van der Waals surface area contributed by atoms with Gasteiger partial charge in [-0.05, 0) is 32.6 Å². The number of aldehydes is 1. The molecular weight excluding hydrogens is 272 g/mol. The van der Waals surface area contributed by atoms with Gasteiger partial charge in [-0.2, -0.15) is 0 Å². The Balaban J connectivity index is 4.75. The van der Waals surface area contributed by atoms with E-state index in [9.17, 15) is 14.4 Å². The number of carbonyl (C=O) groups excluding carboxylic acids is 3. The summed E-state index contributed by atoms with van der Waals surface area (Å²) in [4.78, 5) is 34.9. The molecule has 0 aliphatic rings. The Hall–Kier alpha value is -1.59. The molecule has 0 heterocycles. The average molecular weight is 300 g/mol. The number of hydrogen-bond acceptors (Lipinski definition) is 4. The molecule has 2 N–H and O–H groups in total. The monoisotopic (exact) mass is 300 g/mol. The molecule has 0 fully saturated rings. The summed E-state index contributed by atoms with van der Waals surface area (Å²) in [6, 6.07) is -1.90. The SMILES string of the molecule is CC(C)C(C=O)NC(=O)NC(C(=O)OC(C)(C)C)C(C)C. The number of rotatable bonds is 6. The Bertz CT molecular complexity index is 372.